The predicted molar refractivity (Wildman–Crippen MR) is 78.0 cm³/mol. The molecule has 0 spiro atoms. The molecule has 0 aliphatic heterocycles. The first-order chi connectivity index (χ1) is 9.54. The number of benzene rings is 1. The number of carbonyl (C=O) groups is 1. The van der Waals surface area contributed by atoms with Crippen molar-refractivity contribution in [2.75, 3.05) is 19.8 Å². The van der Waals surface area contributed by atoms with Crippen LogP contribution in [0, 0.1) is 5.92 Å². The van der Waals surface area contributed by atoms with Crippen molar-refractivity contribution in [3.05, 3.63) is 33.8 Å². The van der Waals surface area contributed by atoms with E-state index in [1.165, 1.54) is 12.8 Å². The van der Waals surface area contributed by atoms with Crippen LogP contribution in [-0.4, -0.2) is 30.8 Å². The number of hydrogen-bond donors (Lipinski definition) is 2. The Hall–Kier alpha value is -0.810. The van der Waals surface area contributed by atoms with Crippen LogP contribution in [0.15, 0.2) is 18.2 Å². The molecule has 0 radical (unpaired) electrons. The summed E-state index contributed by atoms with van der Waals surface area (Å²) in [5.74, 6) is 0.389. The van der Waals surface area contributed by atoms with Crippen molar-refractivity contribution in [2.45, 2.75) is 18.9 Å². The van der Waals surface area contributed by atoms with Crippen molar-refractivity contribution >= 4 is 29.1 Å². The first-order valence-electron chi connectivity index (χ1n) is 6.53. The minimum Gasteiger partial charge on any atom is -0.387 e. The van der Waals surface area contributed by atoms with Gasteiger partial charge in [0.05, 0.1) is 12.7 Å². The van der Waals surface area contributed by atoms with Gasteiger partial charge in [-0.3, -0.25) is 4.79 Å². The quantitative estimate of drug-likeness (QED) is 0.812. The maximum atomic E-state index is 11.5. The molecule has 1 aromatic carbocycles. The Balaban J connectivity index is 1.72. The fourth-order valence-electron chi connectivity index (χ4n) is 1.75. The largest absolute Gasteiger partial charge is 0.387 e. The molecule has 1 aromatic rings. The first-order valence-corrected chi connectivity index (χ1v) is 7.28. The van der Waals surface area contributed by atoms with E-state index in [0.717, 1.165) is 0 Å². The monoisotopic (exact) mass is 317 g/mol. The Bertz CT molecular complexity index is 457. The van der Waals surface area contributed by atoms with Crippen LogP contribution >= 0.6 is 23.2 Å². The summed E-state index contributed by atoms with van der Waals surface area (Å²) in [5.41, 5.74) is 0.571. The predicted octanol–water partition coefficient (Wildman–Crippen LogP) is 2.57. The average Bonchev–Trinajstić information content (AvgIpc) is 3.19. The van der Waals surface area contributed by atoms with E-state index in [4.69, 9.17) is 27.9 Å². The number of ether oxygens (including phenoxy) is 1. The van der Waals surface area contributed by atoms with E-state index in [1.807, 2.05) is 0 Å². The highest BCUT2D eigenvalue weighted by Gasteiger charge is 2.21. The van der Waals surface area contributed by atoms with Crippen molar-refractivity contribution in [3.63, 3.8) is 0 Å². The summed E-state index contributed by atoms with van der Waals surface area (Å²) in [6.07, 6.45) is 1.53. The normalized spacial score (nSPS) is 15.9. The Morgan fingerprint density at radius 2 is 2.00 bits per heavy atom. The van der Waals surface area contributed by atoms with E-state index in [1.54, 1.807) is 18.2 Å². The number of halogens is 2. The number of amides is 1. The molecule has 2 N–H and O–H groups in total. The molecule has 2 rings (SSSR count). The van der Waals surface area contributed by atoms with E-state index >= 15 is 0 Å². The number of hydrogen-bond acceptors (Lipinski definition) is 3. The van der Waals surface area contributed by atoms with Crippen LogP contribution in [0.25, 0.3) is 0 Å². The van der Waals surface area contributed by atoms with Gasteiger partial charge in [-0.15, -0.1) is 0 Å². The van der Waals surface area contributed by atoms with E-state index in [-0.39, 0.29) is 19.1 Å². The van der Waals surface area contributed by atoms with Crippen molar-refractivity contribution in [1.29, 1.82) is 0 Å². The Morgan fingerprint density at radius 3 is 2.60 bits per heavy atom. The highest BCUT2D eigenvalue weighted by atomic mass is 35.5. The maximum absolute atomic E-state index is 11.5. The van der Waals surface area contributed by atoms with Crippen LogP contribution in [0.1, 0.15) is 24.5 Å². The minimum atomic E-state index is -0.849. The molecule has 110 valence electrons. The van der Waals surface area contributed by atoms with Crippen molar-refractivity contribution in [3.8, 4) is 0 Å². The van der Waals surface area contributed by atoms with Crippen LogP contribution in [0.4, 0.5) is 0 Å². The van der Waals surface area contributed by atoms with Gasteiger partial charge in [-0.25, -0.2) is 0 Å². The minimum absolute atomic E-state index is 0.0273. The van der Waals surface area contributed by atoms with Crippen LogP contribution in [0.5, 0.6) is 0 Å². The molecule has 20 heavy (non-hydrogen) atoms. The molecule has 0 heterocycles. The van der Waals surface area contributed by atoms with Gasteiger partial charge in [-0.2, -0.15) is 0 Å². The molecular formula is C14H17Cl2NO3. The fraction of sp³-hybridized carbons (Fsp3) is 0.500. The summed E-state index contributed by atoms with van der Waals surface area (Å²) < 4.78 is 5.26. The second kappa shape index (κ2) is 7.27. The second-order valence-electron chi connectivity index (χ2n) is 4.98. The molecule has 6 heteroatoms. The summed E-state index contributed by atoms with van der Waals surface area (Å²) in [7, 11) is 0. The zero-order valence-electron chi connectivity index (χ0n) is 10.9. The molecule has 1 atom stereocenters. The third-order valence-corrected chi connectivity index (χ3v) is 3.48. The van der Waals surface area contributed by atoms with Gasteiger partial charge in [0.2, 0.25) is 5.91 Å². The molecule has 1 fully saturated rings. The third-order valence-electron chi connectivity index (χ3n) is 3.05. The van der Waals surface area contributed by atoms with Crippen LogP contribution in [0.2, 0.25) is 10.0 Å². The zero-order valence-corrected chi connectivity index (χ0v) is 12.5. The lowest BCUT2D eigenvalue weighted by Crippen LogP contribution is -2.31. The fourth-order valence-corrected chi connectivity index (χ4v) is 2.29. The van der Waals surface area contributed by atoms with Gasteiger partial charge in [-0.1, -0.05) is 23.2 Å². The molecular weight excluding hydrogens is 301 g/mol. The second-order valence-corrected chi connectivity index (χ2v) is 5.85. The van der Waals surface area contributed by atoms with Crippen LogP contribution in [-0.2, 0) is 9.53 Å². The standard InChI is InChI=1S/C14H17Cl2NO3/c15-11-3-10(4-12(16)5-11)13(18)6-17-14(19)8-20-7-9-1-2-9/h3-5,9,13,18H,1-2,6-8H2,(H,17,19). The number of aliphatic hydroxyl groups excluding tert-OH is 1. The van der Waals surface area contributed by atoms with E-state index in [9.17, 15) is 9.90 Å². The van der Waals surface area contributed by atoms with Gasteiger partial charge in [0.15, 0.2) is 0 Å². The van der Waals surface area contributed by atoms with E-state index in [0.29, 0.717) is 28.1 Å². The molecule has 4 nitrogen and oxygen atoms in total. The zero-order chi connectivity index (χ0) is 14.5. The van der Waals surface area contributed by atoms with Gasteiger partial charge in [-0.05, 0) is 42.5 Å². The molecule has 1 amide bonds. The summed E-state index contributed by atoms with van der Waals surface area (Å²) in [5, 5.41) is 13.5. The molecule has 0 saturated heterocycles. The topological polar surface area (TPSA) is 58.6 Å². The Kier molecular flexibility index (Phi) is 5.66. The molecule has 1 saturated carbocycles. The van der Waals surface area contributed by atoms with Gasteiger partial charge < -0.3 is 15.2 Å². The number of carbonyl (C=O) groups excluding carboxylic acids is 1. The lowest BCUT2D eigenvalue weighted by Gasteiger charge is -2.13. The SMILES string of the molecule is O=C(COCC1CC1)NCC(O)c1cc(Cl)cc(Cl)c1. The third kappa shape index (κ3) is 5.29. The highest BCUT2D eigenvalue weighted by Crippen LogP contribution is 2.28. The summed E-state index contributed by atoms with van der Waals surface area (Å²) >= 11 is 11.7. The number of rotatable bonds is 7. The summed E-state index contributed by atoms with van der Waals surface area (Å²) in [6.45, 7) is 0.766. The van der Waals surface area contributed by atoms with Crippen molar-refractivity contribution in [2.24, 2.45) is 5.92 Å². The summed E-state index contributed by atoms with van der Waals surface area (Å²) in [4.78, 5) is 11.5. The smallest absolute Gasteiger partial charge is 0.246 e. The van der Waals surface area contributed by atoms with Crippen molar-refractivity contribution in [1.82, 2.24) is 5.32 Å². The van der Waals surface area contributed by atoms with Gasteiger partial charge in [0, 0.05) is 16.6 Å². The Morgan fingerprint density at radius 1 is 1.35 bits per heavy atom. The van der Waals surface area contributed by atoms with Gasteiger partial charge in [0.1, 0.15) is 6.61 Å². The first kappa shape index (κ1) is 15.6. The Labute approximate surface area is 128 Å². The van der Waals surface area contributed by atoms with Crippen LogP contribution in [0.3, 0.4) is 0 Å². The van der Waals surface area contributed by atoms with Gasteiger partial charge in [0.25, 0.3) is 0 Å². The molecule has 1 aliphatic carbocycles. The molecule has 0 aromatic heterocycles. The van der Waals surface area contributed by atoms with E-state index < -0.39 is 6.10 Å². The molecule has 1 aliphatic rings. The average molecular weight is 318 g/mol. The van der Waals surface area contributed by atoms with Gasteiger partial charge >= 0.3 is 0 Å². The number of aliphatic hydroxyl groups is 1. The number of nitrogens with one attached hydrogen (secondary N) is 1. The van der Waals surface area contributed by atoms with Crippen molar-refractivity contribution < 1.29 is 14.6 Å². The maximum Gasteiger partial charge on any atom is 0.246 e. The summed E-state index contributed by atoms with van der Waals surface area (Å²) in [6, 6.07) is 4.82. The molecule has 0 bridgehead atoms. The van der Waals surface area contributed by atoms with Crippen LogP contribution < -0.4 is 5.32 Å². The lowest BCUT2D eigenvalue weighted by atomic mass is 10.1. The molecule has 1 unspecified atom stereocenters. The van der Waals surface area contributed by atoms with E-state index in [2.05, 4.69) is 5.32 Å². The lowest BCUT2D eigenvalue weighted by molar-refractivity contribution is -0.126. The highest BCUT2D eigenvalue weighted by molar-refractivity contribution is 6.34.